The van der Waals surface area contributed by atoms with Gasteiger partial charge in [-0.15, -0.1) is 0 Å². The van der Waals surface area contributed by atoms with E-state index in [1.807, 2.05) is 0 Å². The molecule has 1 aromatic rings. The van der Waals surface area contributed by atoms with Gasteiger partial charge in [0.05, 0.1) is 5.56 Å². The van der Waals surface area contributed by atoms with E-state index < -0.39 is 0 Å². The molecule has 2 amide bonds. The van der Waals surface area contributed by atoms with Crippen LogP contribution in [0.5, 0.6) is 0 Å². The number of aromatic nitrogens is 1. The Kier molecular flexibility index (Phi) is 5.35. The molecule has 0 aromatic carbocycles. The van der Waals surface area contributed by atoms with Gasteiger partial charge in [-0.25, -0.2) is 4.98 Å². The van der Waals surface area contributed by atoms with Gasteiger partial charge in [0, 0.05) is 39.3 Å². The molecule has 1 aliphatic rings. The monoisotopic (exact) mass is 304 g/mol. The summed E-state index contributed by atoms with van der Waals surface area (Å²) in [4.78, 5) is 30.1. The molecule has 0 bridgehead atoms. The van der Waals surface area contributed by atoms with Crippen molar-refractivity contribution < 1.29 is 9.59 Å². The Hall–Kier alpha value is -2.11. The average molecular weight is 304 g/mol. The number of nitrogens with zero attached hydrogens (tertiary/aromatic N) is 2. The van der Waals surface area contributed by atoms with Crippen molar-refractivity contribution in [3.05, 3.63) is 23.9 Å². The second-order valence-corrected chi connectivity index (χ2v) is 5.95. The lowest BCUT2D eigenvalue weighted by atomic mass is 9.84. The van der Waals surface area contributed by atoms with Crippen LogP contribution in [0, 0.1) is 5.92 Å². The third kappa shape index (κ3) is 3.96. The summed E-state index contributed by atoms with van der Waals surface area (Å²) in [5.41, 5.74) is 0.542. The number of pyridine rings is 1. The number of hydrogen-bond donors (Lipinski definition) is 2. The summed E-state index contributed by atoms with van der Waals surface area (Å²) < 4.78 is 0. The van der Waals surface area contributed by atoms with Gasteiger partial charge in [-0.2, -0.15) is 0 Å². The van der Waals surface area contributed by atoms with Crippen LogP contribution in [-0.4, -0.2) is 48.9 Å². The Morgan fingerprint density at radius 1 is 1.27 bits per heavy atom. The molecule has 0 aliphatic heterocycles. The van der Waals surface area contributed by atoms with Gasteiger partial charge in [0.2, 0.25) is 5.91 Å². The lowest BCUT2D eigenvalue weighted by Gasteiger charge is -2.30. The van der Waals surface area contributed by atoms with Gasteiger partial charge in [0.1, 0.15) is 5.82 Å². The topological polar surface area (TPSA) is 74.3 Å². The average Bonchev–Trinajstić information content (AvgIpc) is 2.54. The predicted molar refractivity (Wildman–Crippen MR) is 85.7 cm³/mol. The van der Waals surface area contributed by atoms with Crippen LogP contribution in [0.15, 0.2) is 18.3 Å². The van der Waals surface area contributed by atoms with E-state index in [1.54, 1.807) is 44.4 Å². The minimum Gasteiger partial charge on any atom is -0.373 e. The first kappa shape index (κ1) is 16.3. The maximum Gasteiger partial charge on any atom is 0.253 e. The lowest BCUT2D eigenvalue weighted by Crippen LogP contribution is -2.42. The van der Waals surface area contributed by atoms with Crippen molar-refractivity contribution in [3.8, 4) is 0 Å². The van der Waals surface area contributed by atoms with Gasteiger partial charge in [-0.3, -0.25) is 9.59 Å². The Bertz CT molecular complexity index is 527. The van der Waals surface area contributed by atoms with E-state index in [2.05, 4.69) is 15.6 Å². The number of hydrogen-bond acceptors (Lipinski definition) is 4. The van der Waals surface area contributed by atoms with Crippen LogP contribution < -0.4 is 10.6 Å². The van der Waals surface area contributed by atoms with Crippen LogP contribution in [-0.2, 0) is 4.79 Å². The number of carbonyl (C=O) groups excluding carboxylic acids is 2. The number of amides is 2. The van der Waals surface area contributed by atoms with Crippen LogP contribution in [0.4, 0.5) is 5.82 Å². The molecule has 0 radical (unpaired) electrons. The molecule has 1 fully saturated rings. The second kappa shape index (κ2) is 7.24. The molecule has 1 heterocycles. The van der Waals surface area contributed by atoms with Crippen LogP contribution in [0.25, 0.3) is 0 Å². The first-order valence-corrected chi connectivity index (χ1v) is 7.67. The fourth-order valence-electron chi connectivity index (χ4n) is 2.86. The highest BCUT2D eigenvalue weighted by Gasteiger charge is 2.29. The van der Waals surface area contributed by atoms with Crippen LogP contribution in [0.2, 0.25) is 0 Å². The molecule has 0 saturated heterocycles. The van der Waals surface area contributed by atoms with Crippen molar-refractivity contribution >= 4 is 17.6 Å². The Labute approximate surface area is 131 Å². The fraction of sp³-hybridized carbons (Fsp3) is 0.562. The number of rotatable bonds is 4. The van der Waals surface area contributed by atoms with Crippen molar-refractivity contribution in [1.29, 1.82) is 0 Å². The zero-order valence-electron chi connectivity index (χ0n) is 13.4. The normalized spacial score (nSPS) is 21.0. The Morgan fingerprint density at radius 3 is 2.64 bits per heavy atom. The number of nitrogens with one attached hydrogen (secondary N) is 2. The van der Waals surface area contributed by atoms with Gasteiger partial charge in [0.25, 0.3) is 5.91 Å². The molecule has 120 valence electrons. The first-order valence-electron chi connectivity index (χ1n) is 7.67. The van der Waals surface area contributed by atoms with Crippen LogP contribution >= 0.6 is 0 Å². The summed E-state index contributed by atoms with van der Waals surface area (Å²) in [7, 11) is 5.34. The number of carbonyl (C=O) groups is 2. The van der Waals surface area contributed by atoms with E-state index in [9.17, 15) is 9.59 Å². The Balaban J connectivity index is 1.94. The molecule has 2 atom stereocenters. The van der Waals surface area contributed by atoms with Crippen molar-refractivity contribution in [2.45, 2.75) is 31.7 Å². The molecular weight excluding hydrogens is 280 g/mol. The van der Waals surface area contributed by atoms with Gasteiger partial charge < -0.3 is 15.5 Å². The maximum atomic E-state index is 12.3. The second-order valence-electron chi connectivity index (χ2n) is 5.95. The van der Waals surface area contributed by atoms with Gasteiger partial charge in [-0.1, -0.05) is 6.42 Å². The van der Waals surface area contributed by atoms with E-state index in [0.717, 1.165) is 25.1 Å². The zero-order valence-corrected chi connectivity index (χ0v) is 13.4. The van der Waals surface area contributed by atoms with E-state index in [0.29, 0.717) is 12.0 Å². The minimum absolute atomic E-state index is 0.0128. The first-order chi connectivity index (χ1) is 10.5. The van der Waals surface area contributed by atoms with Gasteiger partial charge >= 0.3 is 0 Å². The van der Waals surface area contributed by atoms with E-state index >= 15 is 0 Å². The maximum absolute atomic E-state index is 12.3. The van der Waals surface area contributed by atoms with Crippen LogP contribution in [0.1, 0.15) is 36.0 Å². The SMILES string of the molecule is CNc1ccc(C(=O)N[C@@H]2CCC[C@H](C(=O)N(C)C)C2)cn1. The summed E-state index contributed by atoms with van der Waals surface area (Å²) in [5.74, 6) is 0.766. The smallest absolute Gasteiger partial charge is 0.253 e. The molecule has 0 unspecified atom stereocenters. The van der Waals surface area contributed by atoms with Crippen molar-refractivity contribution in [3.63, 3.8) is 0 Å². The summed E-state index contributed by atoms with van der Waals surface area (Å²) in [6.45, 7) is 0. The standard InChI is InChI=1S/C16H24N4O2/c1-17-14-8-7-12(10-18-14)15(21)19-13-6-4-5-11(9-13)16(22)20(2)3/h7-8,10-11,13H,4-6,9H2,1-3H3,(H,17,18)(H,19,21)/t11-,13+/m0/s1. The Morgan fingerprint density at radius 2 is 2.05 bits per heavy atom. The zero-order chi connectivity index (χ0) is 16.1. The highest BCUT2D eigenvalue weighted by atomic mass is 16.2. The highest BCUT2D eigenvalue weighted by Crippen LogP contribution is 2.25. The molecule has 22 heavy (non-hydrogen) atoms. The molecule has 6 heteroatoms. The van der Waals surface area contributed by atoms with E-state index in [4.69, 9.17) is 0 Å². The predicted octanol–water partition coefficient (Wildman–Crippen LogP) is 1.50. The molecule has 1 aliphatic carbocycles. The minimum atomic E-state index is -0.127. The summed E-state index contributed by atoms with van der Waals surface area (Å²) in [5, 5.41) is 5.94. The van der Waals surface area contributed by atoms with Gasteiger partial charge in [-0.05, 0) is 31.4 Å². The van der Waals surface area contributed by atoms with E-state index in [1.165, 1.54) is 0 Å². The van der Waals surface area contributed by atoms with Crippen molar-refractivity contribution in [2.75, 3.05) is 26.5 Å². The van der Waals surface area contributed by atoms with Crippen molar-refractivity contribution in [1.82, 2.24) is 15.2 Å². The third-order valence-corrected chi connectivity index (χ3v) is 4.08. The van der Waals surface area contributed by atoms with Gasteiger partial charge in [0.15, 0.2) is 0 Å². The van der Waals surface area contributed by atoms with E-state index in [-0.39, 0.29) is 23.8 Å². The third-order valence-electron chi connectivity index (χ3n) is 4.08. The van der Waals surface area contributed by atoms with Crippen LogP contribution in [0.3, 0.4) is 0 Å². The highest BCUT2D eigenvalue weighted by molar-refractivity contribution is 5.94. The number of anilines is 1. The molecule has 1 aromatic heterocycles. The van der Waals surface area contributed by atoms with Crippen molar-refractivity contribution in [2.24, 2.45) is 5.92 Å². The summed E-state index contributed by atoms with van der Waals surface area (Å²) in [6.07, 6.45) is 5.07. The molecule has 6 nitrogen and oxygen atoms in total. The largest absolute Gasteiger partial charge is 0.373 e. The quantitative estimate of drug-likeness (QED) is 0.884. The lowest BCUT2D eigenvalue weighted by molar-refractivity contribution is -0.134. The molecular formula is C16H24N4O2. The molecule has 1 saturated carbocycles. The molecule has 2 N–H and O–H groups in total. The molecule has 2 rings (SSSR count). The summed E-state index contributed by atoms with van der Waals surface area (Å²) >= 11 is 0. The molecule has 0 spiro atoms. The summed E-state index contributed by atoms with van der Waals surface area (Å²) in [6, 6.07) is 3.58. The fourth-order valence-corrected chi connectivity index (χ4v) is 2.86.